The minimum absolute atomic E-state index is 0.0336. The lowest BCUT2D eigenvalue weighted by atomic mass is 9.93. The fourth-order valence-corrected chi connectivity index (χ4v) is 4.71. The fourth-order valence-electron chi connectivity index (χ4n) is 4.71. The van der Waals surface area contributed by atoms with Crippen molar-refractivity contribution >= 4 is 43.7 Å². The Balaban J connectivity index is 1.79. The summed E-state index contributed by atoms with van der Waals surface area (Å²) in [6.45, 7) is 2.03. The largest absolute Gasteiger partial charge is 0.289 e. The summed E-state index contributed by atoms with van der Waals surface area (Å²) >= 11 is 0. The number of hydrogen-bond donors (Lipinski definition) is 0. The smallest absolute Gasteiger partial charge is 0.263 e. The van der Waals surface area contributed by atoms with Gasteiger partial charge in [0.25, 0.3) is 5.56 Å². The van der Waals surface area contributed by atoms with Gasteiger partial charge in [0.1, 0.15) is 0 Å². The van der Waals surface area contributed by atoms with Gasteiger partial charge in [-0.3, -0.25) is 14.0 Å². The van der Waals surface area contributed by atoms with Crippen molar-refractivity contribution in [1.29, 1.82) is 0 Å². The third-order valence-corrected chi connectivity index (χ3v) is 6.06. The van der Waals surface area contributed by atoms with Crippen LogP contribution in [0.3, 0.4) is 0 Å². The highest BCUT2D eigenvalue weighted by Gasteiger charge is 2.19. The van der Waals surface area contributed by atoms with E-state index in [2.05, 4.69) is 6.07 Å². The first-order chi connectivity index (χ1) is 14.6. The van der Waals surface area contributed by atoms with Gasteiger partial charge >= 0.3 is 0 Å². The number of ketones is 1. The first-order valence-electron chi connectivity index (χ1n) is 9.97. The topological polar surface area (TPSA) is 38.5 Å². The van der Waals surface area contributed by atoms with Crippen molar-refractivity contribution in [1.82, 2.24) is 4.40 Å². The number of rotatable bonds is 2. The van der Waals surface area contributed by atoms with Gasteiger partial charge < -0.3 is 0 Å². The molecule has 30 heavy (non-hydrogen) atoms. The minimum atomic E-state index is -0.0447. The molecule has 0 N–H and O–H groups in total. The number of aryl methyl sites for hydroxylation is 1. The maximum absolute atomic E-state index is 13.6. The fraction of sp³-hybridized carbons (Fsp3) is 0.0370. The molecule has 6 aromatic rings. The Bertz CT molecular complexity index is 1680. The second kappa shape index (κ2) is 6.01. The van der Waals surface area contributed by atoms with Crippen LogP contribution in [0.15, 0.2) is 89.7 Å². The van der Waals surface area contributed by atoms with Gasteiger partial charge in [0.2, 0.25) is 0 Å². The van der Waals surface area contributed by atoms with Crippen molar-refractivity contribution in [3.05, 3.63) is 112 Å². The van der Waals surface area contributed by atoms with E-state index in [0.29, 0.717) is 16.5 Å². The number of para-hydroxylation sites is 1. The van der Waals surface area contributed by atoms with E-state index in [9.17, 15) is 9.59 Å². The first-order valence-corrected chi connectivity index (χ1v) is 9.97. The van der Waals surface area contributed by atoms with Crippen molar-refractivity contribution in [2.45, 2.75) is 6.92 Å². The molecule has 0 atom stereocenters. The summed E-state index contributed by atoms with van der Waals surface area (Å²) in [7, 11) is 0. The molecular weight excluding hydrogens is 370 g/mol. The van der Waals surface area contributed by atoms with E-state index < -0.39 is 0 Å². The van der Waals surface area contributed by atoms with E-state index in [1.165, 1.54) is 0 Å². The van der Waals surface area contributed by atoms with Crippen molar-refractivity contribution in [2.24, 2.45) is 0 Å². The monoisotopic (exact) mass is 387 g/mol. The Kier molecular flexibility index (Phi) is 3.39. The van der Waals surface area contributed by atoms with Crippen LogP contribution < -0.4 is 5.56 Å². The molecule has 0 bridgehead atoms. The number of fused-ring (bicyclic) bond motifs is 4. The molecule has 0 amide bonds. The second-order valence-electron chi connectivity index (χ2n) is 7.77. The molecule has 4 aromatic carbocycles. The number of pyridine rings is 1. The zero-order chi connectivity index (χ0) is 20.4. The number of nitrogens with zero attached hydrogens (tertiary/aromatic N) is 1. The normalized spacial score (nSPS) is 11.8. The van der Waals surface area contributed by atoms with E-state index in [-0.39, 0.29) is 11.3 Å². The molecular formula is C27H17NO2. The molecule has 0 saturated heterocycles. The molecule has 142 valence electrons. The van der Waals surface area contributed by atoms with Crippen LogP contribution in [0.2, 0.25) is 0 Å². The highest BCUT2D eigenvalue weighted by Crippen LogP contribution is 2.34. The molecule has 0 fully saturated rings. The van der Waals surface area contributed by atoms with Gasteiger partial charge in [-0.25, -0.2) is 0 Å². The summed E-state index contributed by atoms with van der Waals surface area (Å²) in [6.07, 6.45) is 0. The van der Waals surface area contributed by atoms with Gasteiger partial charge in [-0.2, -0.15) is 0 Å². The average Bonchev–Trinajstić information content (AvgIpc) is 3.18. The maximum atomic E-state index is 13.6. The summed E-state index contributed by atoms with van der Waals surface area (Å²) in [5, 5.41) is 4.35. The van der Waals surface area contributed by atoms with Crippen LogP contribution in [0.5, 0.6) is 0 Å². The van der Waals surface area contributed by atoms with Gasteiger partial charge in [0, 0.05) is 32.7 Å². The summed E-state index contributed by atoms with van der Waals surface area (Å²) in [5.74, 6) is -0.0336. The standard InChI is InChI=1S/C27H17NO2/c1-16-7-5-10-18-15-23-21-14-13-20(26(29)17-8-3-2-4-9-17)19-11-6-12-22(24(19)21)27(30)28(23)25(16)18/h2-15H,1H3. The van der Waals surface area contributed by atoms with Gasteiger partial charge in [-0.15, -0.1) is 0 Å². The number of carbonyl (C=O) groups is 1. The SMILES string of the molecule is Cc1cccc2cc3c4ccc(C(=O)c5ccccc5)c5cccc(c(=O)n3c12)c54. The molecule has 0 spiro atoms. The number of hydrogen-bond acceptors (Lipinski definition) is 2. The van der Waals surface area contributed by atoms with Crippen molar-refractivity contribution < 1.29 is 4.79 Å². The molecule has 2 heterocycles. The predicted molar refractivity (Wildman–Crippen MR) is 122 cm³/mol. The molecule has 2 aromatic heterocycles. The zero-order valence-corrected chi connectivity index (χ0v) is 16.3. The molecule has 0 aliphatic carbocycles. The van der Waals surface area contributed by atoms with Gasteiger partial charge in [0.05, 0.1) is 11.0 Å². The molecule has 0 radical (unpaired) electrons. The van der Waals surface area contributed by atoms with E-state index in [0.717, 1.165) is 38.1 Å². The second-order valence-corrected chi connectivity index (χ2v) is 7.77. The van der Waals surface area contributed by atoms with Crippen LogP contribution in [0.4, 0.5) is 0 Å². The van der Waals surface area contributed by atoms with Crippen LogP contribution in [0.25, 0.3) is 38.0 Å². The van der Waals surface area contributed by atoms with Crippen LogP contribution in [-0.2, 0) is 0 Å². The predicted octanol–water partition coefficient (Wildman–Crippen LogP) is 5.74. The third kappa shape index (κ3) is 2.15. The summed E-state index contributed by atoms with van der Waals surface area (Å²) in [4.78, 5) is 26.8. The van der Waals surface area contributed by atoms with E-state index >= 15 is 0 Å². The molecule has 0 aliphatic heterocycles. The molecule has 0 unspecified atom stereocenters. The number of aromatic nitrogens is 1. The van der Waals surface area contributed by atoms with E-state index in [1.54, 1.807) is 0 Å². The Morgan fingerprint density at radius 2 is 1.53 bits per heavy atom. The quantitative estimate of drug-likeness (QED) is 0.356. The number of carbonyl (C=O) groups excluding carboxylic acids is 1. The Labute approximate surface area is 172 Å². The Hall–Kier alpha value is -3.98. The number of benzene rings is 4. The minimum Gasteiger partial charge on any atom is -0.289 e. The van der Waals surface area contributed by atoms with Gasteiger partial charge in [-0.1, -0.05) is 66.7 Å². The van der Waals surface area contributed by atoms with Crippen LogP contribution in [0, 0.1) is 6.92 Å². The van der Waals surface area contributed by atoms with Crippen molar-refractivity contribution in [3.8, 4) is 0 Å². The van der Waals surface area contributed by atoms with E-state index in [4.69, 9.17) is 0 Å². The lowest BCUT2D eigenvalue weighted by molar-refractivity contribution is 0.104. The molecule has 6 rings (SSSR count). The Morgan fingerprint density at radius 3 is 2.37 bits per heavy atom. The Morgan fingerprint density at radius 1 is 0.767 bits per heavy atom. The van der Waals surface area contributed by atoms with Crippen LogP contribution >= 0.6 is 0 Å². The lowest BCUT2D eigenvalue weighted by Gasteiger charge is -2.12. The molecule has 0 saturated carbocycles. The first kappa shape index (κ1) is 16.9. The van der Waals surface area contributed by atoms with Crippen molar-refractivity contribution in [3.63, 3.8) is 0 Å². The van der Waals surface area contributed by atoms with Crippen molar-refractivity contribution in [2.75, 3.05) is 0 Å². The molecule has 3 heteroatoms. The summed E-state index contributed by atoms with van der Waals surface area (Å²) < 4.78 is 1.82. The van der Waals surface area contributed by atoms with Crippen LogP contribution in [-0.4, -0.2) is 10.2 Å². The lowest BCUT2D eigenvalue weighted by Crippen LogP contribution is -2.14. The molecule has 0 aliphatic rings. The molecule has 3 nitrogen and oxygen atoms in total. The highest BCUT2D eigenvalue weighted by atomic mass is 16.1. The van der Waals surface area contributed by atoms with E-state index in [1.807, 2.05) is 90.2 Å². The highest BCUT2D eigenvalue weighted by molar-refractivity contribution is 6.24. The van der Waals surface area contributed by atoms with Gasteiger partial charge in [0.15, 0.2) is 5.78 Å². The average molecular weight is 387 g/mol. The summed E-state index contributed by atoms with van der Waals surface area (Å²) in [6, 6.07) is 27.0. The summed E-state index contributed by atoms with van der Waals surface area (Å²) in [5.41, 5.74) is 4.12. The zero-order valence-electron chi connectivity index (χ0n) is 16.3. The maximum Gasteiger partial charge on any atom is 0.263 e. The van der Waals surface area contributed by atoms with Crippen LogP contribution in [0.1, 0.15) is 21.5 Å². The van der Waals surface area contributed by atoms with Gasteiger partial charge in [-0.05, 0) is 36.1 Å². The third-order valence-electron chi connectivity index (χ3n) is 6.06.